The van der Waals surface area contributed by atoms with Gasteiger partial charge in [-0.3, -0.25) is 9.69 Å². The number of hydrogen-bond acceptors (Lipinski definition) is 3. The van der Waals surface area contributed by atoms with Gasteiger partial charge in [0.15, 0.2) is 0 Å². The van der Waals surface area contributed by atoms with Crippen LogP contribution < -0.4 is 5.32 Å². The summed E-state index contributed by atoms with van der Waals surface area (Å²) in [5, 5.41) is 3.08. The highest BCUT2D eigenvalue weighted by Gasteiger charge is 2.32. The molecule has 0 spiro atoms. The highest BCUT2D eigenvalue weighted by Crippen LogP contribution is 2.18. The molecule has 0 bridgehead atoms. The van der Waals surface area contributed by atoms with E-state index in [-0.39, 0.29) is 11.8 Å². The molecule has 0 aromatic heterocycles. The fraction of sp³-hybridized carbons (Fsp3) is 0.900. The van der Waals surface area contributed by atoms with Crippen molar-refractivity contribution >= 4 is 28.5 Å². The molecule has 2 aliphatic heterocycles. The molecule has 0 radical (unpaired) electrons. The lowest BCUT2D eigenvalue weighted by molar-refractivity contribution is -0.126. The van der Waals surface area contributed by atoms with Gasteiger partial charge in [-0.15, -0.1) is 0 Å². The van der Waals surface area contributed by atoms with E-state index in [1.54, 1.807) is 0 Å². The molecule has 2 atom stereocenters. The van der Waals surface area contributed by atoms with Crippen LogP contribution in [0.5, 0.6) is 0 Å². The van der Waals surface area contributed by atoms with E-state index in [1.807, 2.05) is 0 Å². The van der Waals surface area contributed by atoms with Crippen molar-refractivity contribution in [3.05, 3.63) is 0 Å². The van der Waals surface area contributed by atoms with Crippen molar-refractivity contribution in [3.8, 4) is 0 Å². The second-order valence-electron chi connectivity index (χ2n) is 4.29. The van der Waals surface area contributed by atoms with Crippen molar-refractivity contribution in [2.75, 3.05) is 26.3 Å². The number of likely N-dealkylation sites (tertiary alicyclic amines) is 1. The van der Waals surface area contributed by atoms with Gasteiger partial charge in [-0.25, -0.2) is 0 Å². The van der Waals surface area contributed by atoms with Gasteiger partial charge < -0.3 is 10.1 Å². The van der Waals surface area contributed by atoms with Gasteiger partial charge in [0, 0.05) is 19.7 Å². The van der Waals surface area contributed by atoms with Crippen molar-refractivity contribution in [3.63, 3.8) is 0 Å². The van der Waals surface area contributed by atoms with Crippen LogP contribution in [-0.2, 0) is 9.53 Å². The van der Waals surface area contributed by atoms with Crippen molar-refractivity contribution in [2.24, 2.45) is 5.92 Å². The molecule has 1 amide bonds. The third-order valence-electron chi connectivity index (χ3n) is 3.06. The number of amides is 1. The minimum atomic E-state index is 0.0936. The summed E-state index contributed by atoms with van der Waals surface area (Å²) in [5.74, 6) is 0.273. The van der Waals surface area contributed by atoms with Gasteiger partial charge in [0.25, 0.3) is 0 Å². The summed E-state index contributed by atoms with van der Waals surface area (Å²) in [4.78, 5) is 14.1. The van der Waals surface area contributed by atoms with E-state index in [2.05, 4.69) is 39.7 Å². The molecule has 2 heterocycles. The Labute approximate surface area is 104 Å². The number of ether oxygens (including phenoxy) is 1. The molecule has 2 unspecified atom stereocenters. The second-order valence-corrected chi connectivity index (χ2v) is 6.10. The number of nitrogens with one attached hydrogen (secondary N) is 1. The van der Waals surface area contributed by atoms with E-state index in [0.29, 0.717) is 16.7 Å². The Balaban J connectivity index is 1.68. The van der Waals surface area contributed by atoms with Crippen LogP contribution in [0.2, 0.25) is 0 Å². The van der Waals surface area contributed by atoms with Gasteiger partial charge in [-0.2, -0.15) is 0 Å². The van der Waals surface area contributed by atoms with Crippen LogP contribution in [0.25, 0.3) is 0 Å². The molecule has 2 rings (SSSR count). The molecular weight excluding hydrogens is 307 g/mol. The van der Waals surface area contributed by atoms with E-state index < -0.39 is 0 Å². The predicted molar refractivity (Wildman–Crippen MR) is 65.9 cm³/mol. The minimum Gasteiger partial charge on any atom is -0.381 e. The maximum atomic E-state index is 11.7. The first-order valence-electron chi connectivity index (χ1n) is 5.43. The standard InChI is InChI=1S/C10H17IN2O2/c1-7(11)13-4-9(5-13)12-10(14)8-2-3-15-6-8/h7-9H,2-6H2,1H3,(H,12,14). The quantitative estimate of drug-likeness (QED) is 0.470. The molecule has 0 aliphatic carbocycles. The normalized spacial score (nSPS) is 29.9. The average molecular weight is 324 g/mol. The lowest BCUT2D eigenvalue weighted by Crippen LogP contribution is -2.61. The number of rotatable bonds is 3. The molecule has 86 valence electrons. The zero-order valence-corrected chi connectivity index (χ0v) is 11.1. The smallest absolute Gasteiger partial charge is 0.225 e. The number of carbonyl (C=O) groups excluding carboxylic acids is 1. The fourth-order valence-corrected chi connectivity index (χ4v) is 2.41. The molecule has 2 saturated heterocycles. The maximum absolute atomic E-state index is 11.7. The average Bonchev–Trinajstić information content (AvgIpc) is 2.61. The van der Waals surface area contributed by atoms with Gasteiger partial charge in [-0.05, 0) is 13.3 Å². The zero-order valence-electron chi connectivity index (χ0n) is 8.91. The van der Waals surface area contributed by atoms with Crippen LogP contribution in [0.1, 0.15) is 13.3 Å². The van der Waals surface area contributed by atoms with Crippen LogP contribution in [0.4, 0.5) is 0 Å². The Morgan fingerprint density at radius 1 is 1.60 bits per heavy atom. The largest absolute Gasteiger partial charge is 0.381 e. The van der Waals surface area contributed by atoms with Crippen molar-refractivity contribution in [2.45, 2.75) is 23.4 Å². The first kappa shape index (κ1) is 11.6. The maximum Gasteiger partial charge on any atom is 0.225 e. The van der Waals surface area contributed by atoms with Crippen LogP contribution in [-0.4, -0.2) is 47.2 Å². The van der Waals surface area contributed by atoms with E-state index >= 15 is 0 Å². The van der Waals surface area contributed by atoms with E-state index in [0.717, 1.165) is 26.1 Å². The minimum absolute atomic E-state index is 0.0936. The molecule has 2 fully saturated rings. The molecular formula is C10H17IN2O2. The Hall–Kier alpha value is 0.120. The summed E-state index contributed by atoms with van der Waals surface area (Å²) in [6.07, 6.45) is 0.880. The monoisotopic (exact) mass is 324 g/mol. The Morgan fingerprint density at radius 2 is 2.33 bits per heavy atom. The second kappa shape index (κ2) is 4.97. The summed E-state index contributed by atoms with van der Waals surface area (Å²) >= 11 is 2.39. The Kier molecular flexibility index (Phi) is 3.84. The number of hydrogen-bond donors (Lipinski definition) is 1. The molecule has 0 aromatic carbocycles. The third-order valence-corrected chi connectivity index (χ3v) is 3.85. The molecule has 15 heavy (non-hydrogen) atoms. The summed E-state index contributed by atoms with van der Waals surface area (Å²) in [6, 6.07) is 0.357. The van der Waals surface area contributed by atoms with Gasteiger partial charge in [0.05, 0.1) is 22.6 Å². The van der Waals surface area contributed by atoms with Crippen LogP contribution in [0, 0.1) is 5.92 Å². The number of alkyl halides is 1. The fourth-order valence-electron chi connectivity index (χ4n) is 1.95. The van der Waals surface area contributed by atoms with Gasteiger partial charge in [0.2, 0.25) is 5.91 Å². The summed E-state index contributed by atoms with van der Waals surface area (Å²) < 4.78 is 5.76. The molecule has 1 N–H and O–H groups in total. The summed E-state index contributed by atoms with van der Waals surface area (Å²) in [6.45, 7) is 5.49. The van der Waals surface area contributed by atoms with Crippen molar-refractivity contribution in [1.82, 2.24) is 10.2 Å². The summed E-state index contributed by atoms with van der Waals surface area (Å²) in [7, 11) is 0. The SMILES string of the molecule is CC(I)N1CC(NC(=O)C2CCOC2)C1. The lowest BCUT2D eigenvalue weighted by Gasteiger charge is -2.41. The molecule has 5 heteroatoms. The zero-order chi connectivity index (χ0) is 10.8. The number of carbonyl (C=O) groups is 1. The third kappa shape index (κ3) is 2.82. The first-order valence-corrected chi connectivity index (χ1v) is 6.67. The van der Waals surface area contributed by atoms with Crippen LogP contribution in [0.3, 0.4) is 0 Å². The van der Waals surface area contributed by atoms with Crippen LogP contribution >= 0.6 is 22.6 Å². The highest BCUT2D eigenvalue weighted by molar-refractivity contribution is 14.1. The van der Waals surface area contributed by atoms with Gasteiger partial charge in [0.1, 0.15) is 0 Å². The van der Waals surface area contributed by atoms with Gasteiger partial charge >= 0.3 is 0 Å². The summed E-state index contributed by atoms with van der Waals surface area (Å²) in [5.41, 5.74) is 0. The Bertz CT molecular complexity index is 236. The van der Waals surface area contributed by atoms with E-state index in [1.165, 1.54) is 0 Å². The first-order chi connectivity index (χ1) is 7.16. The molecule has 2 aliphatic rings. The Morgan fingerprint density at radius 3 is 2.87 bits per heavy atom. The lowest BCUT2D eigenvalue weighted by atomic mass is 10.1. The number of nitrogens with zero attached hydrogens (tertiary/aromatic N) is 1. The molecule has 4 nitrogen and oxygen atoms in total. The number of halogens is 1. The molecule has 0 saturated carbocycles. The topological polar surface area (TPSA) is 41.6 Å². The van der Waals surface area contributed by atoms with E-state index in [9.17, 15) is 4.79 Å². The van der Waals surface area contributed by atoms with Crippen LogP contribution in [0.15, 0.2) is 0 Å². The molecule has 0 aromatic rings. The predicted octanol–water partition coefficient (Wildman–Crippen LogP) is 0.604. The van der Waals surface area contributed by atoms with Crippen molar-refractivity contribution < 1.29 is 9.53 Å². The van der Waals surface area contributed by atoms with Gasteiger partial charge in [-0.1, -0.05) is 22.6 Å². The van der Waals surface area contributed by atoms with Crippen molar-refractivity contribution in [1.29, 1.82) is 0 Å². The highest BCUT2D eigenvalue weighted by atomic mass is 127. The van der Waals surface area contributed by atoms with E-state index in [4.69, 9.17) is 4.74 Å².